The highest BCUT2D eigenvalue weighted by atomic mass is 32.1. The maximum Gasteiger partial charge on any atom is 0.273 e. The zero-order valence-corrected chi connectivity index (χ0v) is 18.3. The molecule has 1 amide bonds. The molecule has 2 heterocycles. The molecule has 7 heteroatoms. The fourth-order valence-electron chi connectivity index (χ4n) is 3.47. The Hall–Kier alpha value is -3.21. The number of carbonyl (C=O) groups excluding carboxylic acids is 1. The second kappa shape index (κ2) is 9.73. The molecule has 0 radical (unpaired) electrons. The Morgan fingerprint density at radius 3 is 2.48 bits per heavy atom. The molecule has 0 saturated carbocycles. The average molecular weight is 433 g/mol. The van der Waals surface area contributed by atoms with Crippen LogP contribution >= 0.6 is 11.3 Å². The van der Waals surface area contributed by atoms with Crippen molar-refractivity contribution in [2.24, 2.45) is 0 Å². The first-order valence-corrected chi connectivity index (χ1v) is 11.1. The quantitative estimate of drug-likeness (QED) is 0.592. The van der Waals surface area contributed by atoms with Gasteiger partial charge in [0.25, 0.3) is 5.91 Å². The van der Waals surface area contributed by atoms with Crippen LogP contribution in [-0.2, 0) is 13.2 Å². The summed E-state index contributed by atoms with van der Waals surface area (Å²) in [5, 5.41) is 11.5. The molecule has 1 aliphatic rings. The van der Waals surface area contributed by atoms with Crippen LogP contribution in [0.25, 0.3) is 0 Å². The molecule has 1 aliphatic heterocycles. The smallest absolute Gasteiger partial charge is 0.273 e. The fraction of sp³-hybridized carbons (Fsp3) is 0.292. The van der Waals surface area contributed by atoms with E-state index in [1.54, 1.807) is 0 Å². The van der Waals surface area contributed by atoms with Gasteiger partial charge in [0, 0.05) is 38.1 Å². The highest BCUT2D eigenvalue weighted by Gasteiger charge is 2.24. The van der Waals surface area contributed by atoms with Gasteiger partial charge in [0.1, 0.15) is 23.1 Å². The normalized spacial score (nSPS) is 14.3. The number of ether oxygens (including phenoxy) is 1. The van der Waals surface area contributed by atoms with Crippen LogP contribution < -0.4 is 4.74 Å². The molecule has 2 aromatic carbocycles. The zero-order chi connectivity index (χ0) is 21.6. The first-order valence-electron chi connectivity index (χ1n) is 10.3. The van der Waals surface area contributed by atoms with Gasteiger partial charge in [-0.3, -0.25) is 9.69 Å². The molecule has 0 spiro atoms. The minimum Gasteiger partial charge on any atom is -0.486 e. The predicted octanol–water partition coefficient (Wildman–Crippen LogP) is 3.86. The third kappa shape index (κ3) is 5.48. The van der Waals surface area contributed by atoms with Crippen molar-refractivity contribution >= 4 is 17.2 Å². The number of aryl methyl sites for hydroxylation is 1. The molecule has 0 N–H and O–H groups in total. The number of piperazine rings is 1. The molecule has 0 unspecified atom stereocenters. The molecule has 4 rings (SSSR count). The first kappa shape index (κ1) is 21.0. The Kier molecular flexibility index (Phi) is 6.60. The largest absolute Gasteiger partial charge is 0.486 e. The number of amides is 1. The molecule has 0 bridgehead atoms. The summed E-state index contributed by atoms with van der Waals surface area (Å²) in [6.07, 6.45) is 0. The van der Waals surface area contributed by atoms with E-state index >= 15 is 0 Å². The zero-order valence-electron chi connectivity index (χ0n) is 17.5. The number of aromatic nitrogens is 1. The molecule has 0 atom stereocenters. The van der Waals surface area contributed by atoms with Crippen molar-refractivity contribution in [1.82, 2.24) is 14.8 Å². The van der Waals surface area contributed by atoms with E-state index in [1.807, 2.05) is 65.7 Å². The number of nitriles is 1. The van der Waals surface area contributed by atoms with Crippen molar-refractivity contribution in [3.63, 3.8) is 0 Å². The molecule has 1 saturated heterocycles. The number of hydrogen-bond donors (Lipinski definition) is 0. The summed E-state index contributed by atoms with van der Waals surface area (Å²) in [5.74, 6) is 0.780. The number of carbonyl (C=O) groups is 1. The second-order valence-corrected chi connectivity index (χ2v) is 8.55. The van der Waals surface area contributed by atoms with Crippen LogP contribution in [0.3, 0.4) is 0 Å². The highest BCUT2D eigenvalue weighted by molar-refractivity contribution is 7.09. The molecule has 0 aliphatic carbocycles. The Labute approximate surface area is 186 Å². The van der Waals surface area contributed by atoms with Gasteiger partial charge in [-0.05, 0) is 36.8 Å². The lowest BCUT2D eigenvalue weighted by Gasteiger charge is -2.34. The molecule has 3 aromatic rings. The van der Waals surface area contributed by atoms with Crippen molar-refractivity contribution in [3.05, 3.63) is 81.3 Å². The molecule has 1 aromatic heterocycles. The number of rotatable bonds is 6. The minimum absolute atomic E-state index is 0.0177. The first-order chi connectivity index (χ1) is 15.1. The van der Waals surface area contributed by atoms with Gasteiger partial charge in [-0.25, -0.2) is 4.98 Å². The predicted molar refractivity (Wildman–Crippen MR) is 120 cm³/mol. The van der Waals surface area contributed by atoms with E-state index in [0.29, 0.717) is 31.0 Å². The van der Waals surface area contributed by atoms with Gasteiger partial charge in [-0.2, -0.15) is 5.26 Å². The van der Waals surface area contributed by atoms with E-state index < -0.39 is 0 Å². The average Bonchev–Trinajstić information content (AvgIpc) is 3.28. The summed E-state index contributed by atoms with van der Waals surface area (Å²) < 4.78 is 5.77. The Bertz CT molecular complexity index is 1060. The van der Waals surface area contributed by atoms with Crippen molar-refractivity contribution in [2.75, 3.05) is 26.2 Å². The Morgan fingerprint density at radius 1 is 1.10 bits per heavy atom. The Balaban J connectivity index is 1.26. The van der Waals surface area contributed by atoms with Gasteiger partial charge < -0.3 is 9.64 Å². The fourth-order valence-corrected chi connectivity index (χ4v) is 4.15. The number of hydrogen-bond acceptors (Lipinski definition) is 6. The summed E-state index contributed by atoms with van der Waals surface area (Å²) >= 11 is 1.45. The number of benzene rings is 2. The molecular formula is C24H24N4O2S. The summed E-state index contributed by atoms with van der Waals surface area (Å²) in [5.41, 5.74) is 3.53. The highest BCUT2D eigenvalue weighted by Crippen LogP contribution is 2.18. The second-order valence-electron chi connectivity index (χ2n) is 7.61. The van der Waals surface area contributed by atoms with Crippen LogP contribution in [0.5, 0.6) is 5.75 Å². The maximum atomic E-state index is 12.8. The lowest BCUT2D eigenvalue weighted by atomic mass is 10.1. The van der Waals surface area contributed by atoms with Crippen LogP contribution in [0.4, 0.5) is 0 Å². The maximum absolute atomic E-state index is 12.8. The van der Waals surface area contributed by atoms with Gasteiger partial charge >= 0.3 is 0 Å². The summed E-state index contributed by atoms with van der Waals surface area (Å²) in [7, 11) is 0. The van der Waals surface area contributed by atoms with Crippen LogP contribution in [0.15, 0.2) is 53.9 Å². The molecule has 6 nitrogen and oxygen atoms in total. The monoisotopic (exact) mass is 432 g/mol. The van der Waals surface area contributed by atoms with E-state index in [0.717, 1.165) is 30.4 Å². The molecule has 1 fully saturated rings. The topological polar surface area (TPSA) is 69.5 Å². The van der Waals surface area contributed by atoms with Gasteiger partial charge in [0.2, 0.25) is 0 Å². The van der Waals surface area contributed by atoms with E-state index in [-0.39, 0.29) is 5.91 Å². The van der Waals surface area contributed by atoms with Crippen molar-refractivity contribution in [3.8, 4) is 11.8 Å². The molecule has 31 heavy (non-hydrogen) atoms. The van der Waals surface area contributed by atoms with E-state index in [1.165, 1.54) is 22.5 Å². The molecule has 158 valence electrons. The van der Waals surface area contributed by atoms with Crippen molar-refractivity contribution < 1.29 is 9.53 Å². The Morgan fingerprint density at radius 2 is 1.81 bits per heavy atom. The third-order valence-electron chi connectivity index (χ3n) is 5.30. The number of nitrogens with zero attached hydrogens (tertiary/aromatic N) is 4. The van der Waals surface area contributed by atoms with Crippen molar-refractivity contribution in [1.29, 1.82) is 5.26 Å². The van der Waals surface area contributed by atoms with Crippen LogP contribution in [0, 0.1) is 18.3 Å². The lowest BCUT2D eigenvalue weighted by Crippen LogP contribution is -2.48. The standard InChI is InChI=1S/C24H24N4O2S/c1-18-2-8-21(9-3-18)30-16-23-26-22(17-31-23)24(29)28-12-10-27(11-13-28)15-20-6-4-19(14-25)5-7-20/h2-9,17H,10-13,15-16H2,1H3. The van der Waals surface area contributed by atoms with Crippen LogP contribution in [0.2, 0.25) is 0 Å². The summed E-state index contributed by atoms with van der Waals surface area (Å²) in [6.45, 7) is 6.22. The van der Waals surface area contributed by atoms with Gasteiger partial charge in [-0.1, -0.05) is 29.8 Å². The van der Waals surface area contributed by atoms with Crippen LogP contribution in [-0.4, -0.2) is 46.9 Å². The molecular weight excluding hydrogens is 408 g/mol. The van der Waals surface area contributed by atoms with Gasteiger partial charge in [0.15, 0.2) is 0 Å². The van der Waals surface area contributed by atoms with E-state index in [4.69, 9.17) is 10.00 Å². The van der Waals surface area contributed by atoms with Gasteiger partial charge in [0.05, 0.1) is 11.6 Å². The summed E-state index contributed by atoms with van der Waals surface area (Å²) in [4.78, 5) is 21.5. The SMILES string of the molecule is Cc1ccc(OCc2nc(C(=O)N3CCN(Cc4ccc(C#N)cc4)CC3)cs2)cc1. The van der Waals surface area contributed by atoms with E-state index in [9.17, 15) is 4.79 Å². The van der Waals surface area contributed by atoms with Crippen molar-refractivity contribution in [2.45, 2.75) is 20.1 Å². The van der Waals surface area contributed by atoms with E-state index in [2.05, 4.69) is 16.0 Å². The summed E-state index contributed by atoms with van der Waals surface area (Å²) in [6, 6.07) is 17.7. The third-order valence-corrected chi connectivity index (χ3v) is 6.13. The number of thiazole rings is 1. The van der Waals surface area contributed by atoms with Gasteiger partial charge in [-0.15, -0.1) is 11.3 Å². The van der Waals surface area contributed by atoms with Crippen LogP contribution in [0.1, 0.15) is 32.2 Å². The lowest BCUT2D eigenvalue weighted by molar-refractivity contribution is 0.0623. The minimum atomic E-state index is -0.0177.